The lowest BCUT2D eigenvalue weighted by Gasteiger charge is -2.27. The Labute approximate surface area is 90.5 Å². The van der Waals surface area contributed by atoms with Crippen molar-refractivity contribution in [2.45, 2.75) is 33.2 Å². The van der Waals surface area contributed by atoms with E-state index in [-0.39, 0.29) is 5.41 Å². The lowest BCUT2D eigenvalue weighted by Crippen LogP contribution is -2.31. The van der Waals surface area contributed by atoms with Gasteiger partial charge < -0.3 is 5.32 Å². The van der Waals surface area contributed by atoms with Crippen LogP contribution >= 0.6 is 11.6 Å². The molecule has 0 fully saturated rings. The molecule has 1 nitrogen and oxygen atoms in total. The smallest absolute Gasteiger partial charge is 0.0459 e. The van der Waals surface area contributed by atoms with E-state index in [1.54, 1.807) is 0 Å². The summed E-state index contributed by atoms with van der Waals surface area (Å²) in [4.78, 5) is 0. The van der Waals surface area contributed by atoms with Gasteiger partial charge in [0.05, 0.1) is 0 Å². The topological polar surface area (TPSA) is 12.0 Å². The van der Waals surface area contributed by atoms with E-state index in [0.717, 1.165) is 11.4 Å². The van der Waals surface area contributed by atoms with Crippen molar-refractivity contribution in [3.05, 3.63) is 28.8 Å². The van der Waals surface area contributed by atoms with Crippen molar-refractivity contribution >= 4 is 17.3 Å². The standard InChI is InChI=1S/C12H16ClN/c1-12(2,3)11-7-8-9(13)5-4-6-10(8)14-11/h4-6,11,14H,7H2,1-3H3. The molecule has 1 aliphatic heterocycles. The van der Waals surface area contributed by atoms with E-state index < -0.39 is 0 Å². The van der Waals surface area contributed by atoms with Crippen LogP contribution in [0.25, 0.3) is 0 Å². The number of hydrogen-bond donors (Lipinski definition) is 1. The largest absolute Gasteiger partial charge is 0.381 e. The summed E-state index contributed by atoms with van der Waals surface area (Å²) in [6, 6.07) is 6.57. The van der Waals surface area contributed by atoms with Crippen molar-refractivity contribution in [1.82, 2.24) is 0 Å². The molecule has 1 aliphatic rings. The molecule has 1 aromatic rings. The molecule has 0 aliphatic carbocycles. The maximum atomic E-state index is 6.15. The molecule has 1 N–H and O–H groups in total. The summed E-state index contributed by atoms with van der Waals surface area (Å²) in [5, 5.41) is 4.42. The molecule has 0 saturated carbocycles. The van der Waals surface area contributed by atoms with Crippen molar-refractivity contribution in [2.75, 3.05) is 5.32 Å². The van der Waals surface area contributed by atoms with Crippen LogP contribution in [0.2, 0.25) is 5.02 Å². The summed E-state index contributed by atoms with van der Waals surface area (Å²) >= 11 is 6.15. The average Bonchev–Trinajstić information content (AvgIpc) is 2.48. The Kier molecular flexibility index (Phi) is 2.23. The van der Waals surface area contributed by atoms with Crippen LogP contribution in [0, 0.1) is 5.41 Å². The Bertz CT molecular complexity index is 352. The summed E-state index contributed by atoms with van der Waals surface area (Å²) in [6.45, 7) is 6.76. The predicted octanol–water partition coefficient (Wildman–Crippen LogP) is 3.72. The molecule has 0 amide bonds. The monoisotopic (exact) mass is 209 g/mol. The number of halogens is 1. The number of hydrogen-bond acceptors (Lipinski definition) is 1. The van der Waals surface area contributed by atoms with Gasteiger partial charge >= 0.3 is 0 Å². The fraction of sp³-hybridized carbons (Fsp3) is 0.500. The van der Waals surface area contributed by atoms with E-state index in [1.807, 2.05) is 12.1 Å². The third-order valence-corrected chi connectivity index (χ3v) is 3.26. The maximum Gasteiger partial charge on any atom is 0.0459 e. The van der Waals surface area contributed by atoms with Crippen molar-refractivity contribution in [1.29, 1.82) is 0 Å². The SMILES string of the molecule is CC(C)(C)C1Cc2c(Cl)cccc2N1. The van der Waals surface area contributed by atoms with Crippen molar-refractivity contribution in [2.24, 2.45) is 5.41 Å². The summed E-state index contributed by atoms with van der Waals surface area (Å²) < 4.78 is 0. The van der Waals surface area contributed by atoms with Crippen LogP contribution in [-0.2, 0) is 6.42 Å². The number of benzene rings is 1. The van der Waals surface area contributed by atoms with Gasteiger partial charge in [0.25, 0.3) is 0 Å². The van der Waals surface area contributed by atoms with Crippen LogP contribution in [0.1, 0.15) is 26.3 Å². The zero-order valence-electron chi connectivity index (χ0n) is 8.89. The highest BCUT2D eigenvalue weighted by Crippen LogP contribution is 2.37. The van der Waals surface area contributed by atoms with E-state index in [4.69, 9.17) is 11.6 Å². The summed E-state index contributed by atoms with van der Waals surface area (Å²) in [6.07, 6.45) is 1.04. The minimum atomic E-state index is 0.280. The number of fused-ring (bicyclic) bond motifs is 1. The molecule has 76 valence electrons. The fourth-order valence-electron chi connectivity index (χ4n) is 1.87. The van der Waals surface area contributed by atoms with E-state index in [2.05, 4.69) is 32.2 Å². The molecule has 14 heavy (non-hydrogen) atoms. The van der Waals surface area contributed by atoms with Crippen LogP contribution in [0.3, 0.4) is 0 Å². The first kappa shape index (κ1) is 9.85. The highest BCUT2D eigenvalue weighted by Gasteiger charge is 2.31. The lowest BCUT2D eigenvalue weighted by atomic mass is 9.85. The molecule has 0 spiro atoms. The first-order valence-corrected chi connectivity index (χ1v) is 5.40. The predicted molar refractivity (Wildman–Crippen MR) is 62.0 cm³/mol. The molecule has 1 unspecified atom stereocenters. The number of anilines is 1. The van der Waals surface area contributed by atoms with Crippen molar-refractivity contribution in [3.8, 4) is 0 Å². The number of nitrogens with one attached hydrogen (secondary N) is 1. The average molecular weight is 210 g/mol. The molecule has 2 rings (SSSR count). The number of rotatable bonds is 0. The van der Waals surface area contributed by atoms with Crippen LogP contribution in [0.15, 0.2) is 18.2 Å². The molecule has 0 saturated heterocycles. The van der Waals surface area contributed by atoms with E-state index in [1.165, 1.54) is 11.3 Å². The molecule has 1 aromatic carbocycles. The van der Waals surface area contributed by atoms with Crippen LogP contribution < -0.4 is 5.32 Å². The Morgan fingerprint density at radius 2 is 2.07 bits per heavy atom. The third-order valence-electron chi connectivity index (χ3n) is 2.90. The van der Waals surface area contributed by atoms with Gasteiger partial charge in [-0.1, -0.05) is 38.4 Å². The lowest BCUT2D eigenvalue weighted by molar-refractivity contribution is 0.347. The summed E-state index contributed by atoms with van der Waals surface area (Å²) in [5.74, 6) is 0. The molecular weight excluding hydrogens is 194 g/mol. The summed E-state index contributed by atoms with van der Waals surface area (Å²) in [7, 11) is 0. The molecule has 0 radical (unpaired) electrons. The molecule has 2 heteroatoms. The van der Waals surface area contributed by atoms with E-state index in [9.17, 15) is 0 Å². The molecule has 0 bridgehead atoms. The van der Waals surface area contributed by atoms with E-state index >= 15 is 0 Å². The minimum Gasteiger partial charge on any atom is -0.381 e. The second-order valence-corrected chi connectivity index (χ2v) is 5.44. The molecular formula is C12H16ClN. The Morgan fingerprint density at radius 1 is 1.36 bits per heavy atom. The molecule has 1 atom stereocenters. The normalized spacial score (nSPS) is 20.4. The first-order valence-electron chi connectivity index (χ1n) is 5.02. The first-order chi connectivity index (χ1) is 6.48. The van der Waals surface area contributed by atoms with Gasteiger partial charge in [0.2, 0.25) is 0 Å². The molecule has 0 aromatic heterocycles. The third kappa shape index (κ3) is 1.61. The maximum absolute atomic E-state index is 6.15. The second-order valence-electron chi connectivity index (χ2n) is 5.03. The summed E-state index contributed by atoms with van der Waals surface area (Å²) in [5.41, 5.74) is 2.76. The van der Waals surface area contributed by atoms with Gasteiger partial charge in [-0.25, -0.2) is 0 Å². The zero-order chi connectivity index (χ0) is 10.3. The van der Waals surface area contributed by atoms with Crippen LogP contribution in [0.5, 0.6) is 0 Å². The van der Waals surface area contributed by atoms with Gasteiger partial charge in [-0.3, -0.25) is 0 Å². The van der Waals surface area contributed by atoms with Crippen molar-refractivity contribution in [3.63, 3.8) is 0 Å². The van der Waals surface area contributed by atoms with Crippen LogP contribution in [0.4, 0.5) is 5.69 Å². The van der Waals surface area contributed by atoms with Crippen LogP contribution in [-0.4, -0.2) is 6.04 Å². The van der Waals surface area contributed by atoms with Gasteiger partial charge in [-0.2, -0.15) is 0 Å². The second kappa shape index (κ2) is 3.16. The Morgan fingerprint density at radius 3 is 2.64 bits per heavy atom. The van der Waals surface area contributed by atoms with Gasteiger partial charge in [0, 0.05) is 16.8 Å². The Balaban J connectivity index is 2.31. The van der Waals surface area contributed by atoms with E-state index in [0.29, 0.717) is 6.04 Å². The minimum absolute atomic E-state index is 0.280. The highest BCUT2D eigenvalue weighted by molar-refractivity contribution is 6.31. The molecule has 1 heterocycles. The van der Waals surface area contributed by atoms with Crippen molar-refractivity contribution < 1.29 is 0 Å². The Hall–Kier alpha value is -0.690. The van der Waals surface area contributed by atoms with Gasteiger partial charge in [-0.15, -0.1) is 0 Å². The fourth-order valence-corrected chi connectivity index (χ4v) is 2.12. The van der Waals surface area contributed by atoms with Gasteiger partial charge in [0.1, 0.15) is 0 Å². The zero-order valence-corrected chi connectivity index (χ0v) is 9.65. The quantitative estimate of drug-likeness (QED) is 0.687. The highest BCUT2D eigenvalue weighted by atomic mass is 35.5. The van der Waals surface area contributed by atoms with Gasteiger partial charge in [0.15, 0.2) is 0 Å². The van der Waals surface area contributed by atoms with Gasteiger partial charge in [-0.05, 0) is 29.5 Å².